The first-order chi connectivity index (χ1) is 10.2. The van der Waals surface area contributed by atoms with Crippen molar-refractivity contribution in [3.05, 3.63) is 42.1 Å². The summed E-state index contributed by atoms with van der Waals surface area (Å²) >= 11 is 0. The van der Waals surface area contributed by atoms with E-state index in [1.165, 1.54) is 0 Å². The number of aryl methyl sites for hydroxylation is 1. The molecule has 6 heteroatoms. The Morgan fingerprint density at radius 2 is 2.00 bits per heavy atom. The Morgan fingerprint density at radius 3 is 2.71 bits per heavy atom. The molecule has 3 aromatic rings. The molecule has 0 aliphatic heterocycles. The molecule has 1 aromatic carbocycles. The van der Waals surface area contributed by atoms with Crippen LogP contribution >= 0.6 is 0 Å². The van der Waals surface area contributed by atoms with E-state index in [2.05, 4.69) is 15.1 Å². The average Bonchev–Trinajstić information content (AvgIpc) is 2.96. The van der Waals surface area contributed by atoms with Gasteiger partial charge in [0.2, 0.25) is 5.82 Å². The van der Waals surface area contributed by atoms with E-state index < -0.39 is 0 Å². The fourth-order valence-electron chi connectivity index (χ4n) is 1.97. The molecule has 21 heavy (non-hydrogen) atoms. The molecule has 0 saturated heterocycles. The van der Waals surface area contributed by atoms with E-state index in [4.69, 9.17) is 15.0 Å². The van der Waals surface area contributed by atoms with E-state index in [1.54, 1.807) is 25.3 Å². The first-order valence-corrected chi connectivity index (χ1v) is 6.39. The second-order valence-corrected chi connectivity index (χ2v) is 4.54. The lowest BCUT2D eigenvalue weighted by atomic mass is 10.1. The van der Waals surface area contributed by atoms with Crippen LogP contribution in [0.1, 0.15) is 5.69 Å². The van der Waals surface area contributed by atoms with Crippen molar-refractivity contribution in [3.8, 4) is 28.7 Å². The molecule has 0 unspecified atom stereocenters. The van der Waals surface area contributed by atoms with Gasteiger partial charge in [-0.2, -0.15) is 4.98 Å². The van der Waals surface area contributed by atoms with Gasteiger partial charge in [0, 0.05) is 17.4 Å². The molecular formula is C15H14N4O2. The number of aromatic nitrogens is 3. The lowest BCUT2D eigenvalue weighted by Gasteiger charge is -2.03. The summed E-state index contributed by atoms with van der Waals surface area (Å²) in [7, 11) is 1.59. The molecule has 3 rings (SSSR count). The second-order valence-electron chi connectivity index (χ2n) is 4.54. The van der Waals surface area contributed by atoms with Crippen LogP contribution in [0.15, 0.2) is 40.9 Å². The summed E-state index contributed by atoms with van der Waals surface area (Å²) < 4.78 is 10.4. The first-order valence-electron chi connectivity index (χ1n) is 6.39. The number of rotatable bonds is 3. The summed E-state index contributed by atoms with van der Waals surface area (Å²) in [6.07, 6.45) is 0. The number of pyridine rings is 1. The smallest absolute Gasteiger partial charge is 0.260 e. The molecule has 0 radical (unpaired) electrons. The molecule has 0 bridgehead atoms. The van der Waals surface area contributed by atoms with Gasteiger partial charge in [0.05, 0.1) is 12.7 Å². The maximum atomic E-state index is 5.98. The fourth-order valence-corrected chi connectivity index (χ4v) is 1.97. The molecular weight excluding hydrogens is 268 g/mol. The van der Waals surface area contributed by atoms with Crippen molar-refractivity contribution in [3.63, 3.8) is 0 Å². The minimum atomic E-state index is 0.355. The predicted molar refractivity (Wildman–Crippen MR) is 78.7 cm³/mol. The number of nitrogens with zero attached hydrogens (tertiary/aromatic N) is 3. The highest BCUT2D eigenvalue weighted by molar-refractivity contribution is 5.72. The van der Waals surface area contributed by atoms with Gasteiger partial charge in [-0.25, -0.2) is 4.98 Å². The van der Waals surface area contributed by atoms with Gasteiger partial charge in [-0.1, -0.05) is 11.2 Å². The summed E-state index contributed by atoms with van der Waals surface area (Å²) in [5.41, 5.74) is 8.72. The maximum Gasteiger partial charge on any atom is 0.260 e. The highest BCUT2D eigenvalue weighted by Gasteiger charge is 2.14. The van der Waals surface area contributed by atoms with E-state index >= 15 is 0 Å². The number of methoxy groups -OCH3 is 1. The maximum absolute atomic E-state index is 5.98. The Kier molecular flexibility index (Phi) is 3.27. The van der Waals surface area contributed by atoms with Crippen LogP contribution in [0.2, 0.25) is 0 Å². The van der Waals surface area contributed by atoms with Gasteiger partial charge in [-0.05, 0) is 31.2 Å². The molecule has 2 N–H and O–H groups in total. The molecule has 2 aromatic heterocycles. The highest BCUT2D eigenvalue weighted by atomic mass is 16.5. The number of hydrogen-bond acceptors (Lipinski definition) is 6. The minimum Gasteiger partial charge on any atom is -0.497 e. The van der Waals surface area contributed by atoms with Crippen LogP contribution < -0.4 is 10.5 Å². The van der Waals surface area contributed by atoms with Gasteiger partial charge in [-0.3, -0.25) is 0 Å². The van der Waals surface area contributed by atoms with Crippen molar-refractivity contribution in [2.24, 2.45) is 0 Å². The number of nitrogens with two attached hydrogens (primary N) is 1. The first kappa shape index (κ1) is 13.1. The van der Waals surface area contributed by atoms with Crippen LogP contribution in [-0.2, 0) is 0 Å². The normalized spacial score (nSPS) is 10.6. The highest BCUT2D eigenvalue weighted by Crippen LogP contribution is 2.29. The van der Waals surface area contributed by atoms with Gasteiger partial charge in [-0.15, -0.1) is 0 Å². The molecule has 0 spiro atoms. The van der Waals surface area contributed by atoms with Crippen LogP contribution in [0.25, 0.3) is 23.0 Å². The van der Waals surface area contributed by atoms with Crippen LogP contribution in [0.5, 0.6) is 5.75 Å². The molecule has 0 amide bonds. The Labute approximate surface area is 121 Å². The standard InChI is InChI=1S/C15H14N4O2/c1-9-4-3-5-13(17-9)14-18-15(21-19-14)11-7-6-10(20-2)8-12(11)16/h3-8H,16H2,1-2H3. The molecule has 0 atom stereocenters. The number of hydrogen-bond donors (Lipinski definition) is 1. The fraction of sp³-hybridized carbons (Fsp3) is 0.133. The summed E-state index contributed by atoms with van der Waals surface area (Å²) in [6.45, 7) is 1.91. The Bertz CT molecular complexity index is 783. The lowest BCUT2D eigenvalue weighted by Crippen LogP contribution is -1.92. The summed E-state index contributed by atoms with van der Waals surface area (Å²) in [5.74, 6) is 1.47. The van der Waals surface area contributed by atoms with Crippen LogP contribution in [0.3, 0.4) is 0 Å². The van der Waals surface area contributed by atoms with Gasteiger partial charge in [0.25, 0.3) is 5.89 Å². The lowest BCUT2D eigenvalue weighted by molar-refractivity contribution is 0.414. The van der Waals surface area contributed by atoms with Crippen molar-refractivity contribution in [2.75, 3.05) is 12.8 Å². The van der Waals surface area contributed by atoms with E-state index in [0.29, 0.717) is 34.4 Å². The molecule has 6 nitrogen and oxygen atoms in total. The number of nitrogen functional groups attached to an aromatic ring is 1. The molecule has 106 valence electrons. The van der Waals surface area contributed by atoms with Gasteiger partial charge in [0.15, 0.2) is 0 Å². The number of ether oxygens (including phenoxy) is 1. The molecule has 0 fully saturated rings. The van der Waals surface area contributed by atoms with Gasteiger partial charge < -0.3 is 15.0 Å². The van der Waals surface area contributed by atoms with Gasteiger partial charge >= 0.3 is 0 Å². The SMILES string of the molecule is COc1ccc(-c2nc(-c3cccc(C)n3)no2)c(N)c1. The quantitative estimate of drug-likeness (QED) is 0.743. The third kappa shape index (κ3) is 2.55. The topological polar surface area (TPSA) is 87.1 Å². The zero-order chi connectivity index (χ0) is 14.8. The Balaban J connectivity index is 1.98. The molecule has 0 saturated carbocycles. The Morgan fingerprint density at radius 1 is 1.14 bits per heavy atom. The van der Waals surface area contributed by atoms with Crippen molar-refractivity contribution < 1.29 is 9.26 Å². The third-order valence-electron chi connectivity index (χ3n) is 3.03. The number of benzene rings is 1. The number of anilines is 1. The van der Waals surface area contributed by atoms with Crippen molar-refractivity contribution in [1.29, 1.82) is 0 Å². The monoisotopic (exact) mass is 282 g/mol. The zero-order valence-electron chi connectivity index (χ0n) is 11.7. The van der Waals surface area contributed by atoms with Crippen LogP contribution in [0, 0.1) is 6.92 Å². The van der Waals surface area contributed by atoms with Crippen LogP contribution in [-0.4, -0.2) is 22.2 Å². The predicted octanol–water partition coefficient (Wildman–Crippen LogP) is 2.70. The van der Waals surface area contributed by atoms with E-state index in [-0.39, 0.29) is 0 Å². The Hall–Kier alpha value is -2.89. The largest absolute Gasteiger partial charge is 0.497 e. The minimum absolute atomic E-state index is 0.355. The molecule has 0 aliphatic carbocycles. The van der Waals surface area contributed by atoms with E-state index in [9.17, 15) is 0 Å². The molecule has 2 heterocycles. The van der Waals surface area contributed by atoms with Gasteiger partial charge in [0.1, 0.15) is 11.4 Å². The van der Waals surface area contributed by atoms with E-state index in [1.807, 2.05) is 25.1 Å². The summed E-state index contributed by atoms with van der Waals surface area (Å²) in [4.78, 5) is 8.71. The summed E-state index contributed by atoms with van der Waals surface area (Å²) in [6, 6.07) is 10.9. The van der Waals surface area contributed by atoms with Crippen molar-refractivity contribution >= 4 is 5.69 Å². The zero-order valence-corrected chi connectivity index (χ0v) is 11.7. The average molecular weight is 282 g/mol. The summed E-state index contributed by atoms with van der Waals surface area (Å²) in [5, 5.41) is 3.95. The third-order valence-corrected chi connectivity index (χ3v) is 3.03. The second kappa shape index (κ2) is 5.24. The van der Waals surface area contributed by atoms with E-state index in [0.717, 1.165) is 5.69 Å². The van der Waals surface area contributed by atoms with Crippen LogP contribution in [0.4, 0.5) is 5.69 Å². The van der Waals surface area contributed by atoms with Crippen molar-refractivity contribution in [2.45, 2.75) is 6.92 Å². The van der Waals surface area contributed by atoms with Crippen molar-refractivity contribution in [1.82, 2.24) is 15.1 Å². The molecule has 0 aliphatic rings.